The molecule has 0 unspecified atom stereocenters. The molecule has 1 saturated heterocycles. The van der Waals surface area contributed by atoms with Gasteiger partial charge in [0.2, 0.25) is 0 Å². The molecule has 7 nitrogen and oxygen atoms in total. The van der Waals surface area contributed by atoms with Gasteiger partial charge in [0.1, 0.15) is 6.61 Å². The Hall–Kier alpha value is -3.22. The highest BCUT2D eigenvalue weighted by Crippen LogP contribution is 2.39. The van der Waals surface area contributed by atoms with Crippen LogP contribution in [0.5, 0.6) is 11.5 Å². The van der Waals surface area contributed by atoms with Crippen LogP contribution in [-0.2, 0) is 4.79 Å². The molecule has 9 heteroatoms. The minimum Gasteiger partial charge on any atom is -0.493 e. The van der Waals surface area contributed by atoms with Gasteiger partial charge in [0.05, 0.1) is 27.7 Å². The monoisotopic (exact) mass is 500 g/mol. The quantitative estimate of drug-likeness (QED) is 0.467. The minimum absolute atomic E-state index is 0.0947. The van der Waals surface area contributed by atoms with E-state index in [1.165, 1.54) is 35.9 Å². The Morgan fingerprint density at radius 3 is 2.84 bits per heavy atom. The number of carboxylic acids is 1. The van der Waals surface area contributed by atoms with Crippen molar-refractivity contribution in [2.75, 3.05) is 20.8 Å². The molecule has 31 heavy (non-hydrogen) atoms. The lowest BCUT2D eigenvalue weighted by atomic mass is 10.2. The van der Waals surface area contributed by atoms with Crippen LogP contribution in [0.1, 0.15) is 15.9 Å². The van der Waals surface area contributed by atoms with Crippen molar-refractivity contribution >= 4 is 56.5 Å². The summed E-state index contributed by atoms with van der Waals surface area (Å²) in [5.41, 5.74) is 1.29. The highest BCUT2D eigenvalue weighted by molar-refractivity contribution is 9.10. The fraction of sp³-hybridized carbons (Fsp3) is 0.136. The van der Waals surface area contributed by atoms with E-state index in [1.54, 1.807) is 37.4 Å². The highest BCUT2D eigenvalue weighted by atomic mass is 79.9. The number of carboxylic acid groups (broad SMARTS) is 1. The number of rotatable bonds is 6. The van der Waals surface area contributed by atoms with Gasteiger partial charge in [-0.15, -0.1) is 6.42 Å². The summed E-state index contributed by atoms with van der Waals surface area (Å²) in [6.45, 7) is 0.0947. The van der Waals surface area contributed by atoms with E-state index in [-0.39, 0.29) is 18.1 Å². The average molecular weight is 501 g/mol. The lowest BCUT2D eigenvalue weighted by molar-refractivity contribution is -0.121. The van der Waals surface area contributed by atoms with Crippen LogP contribution in [0, 0.1) is 12.3 Å². The van der Waals surface area contributed by atoms with E-state index in [1.807, 2.05) is 0 Å². The Kier molecular flexibility index (Phi) is 7.05. The van der Waals surface area contributed by atoms with Gasteiger partial charge in [-0.2, -0.15) is 0 Å². The summed E-state index contributed by atoms with van der Waals surface area (Å²) < 4.78 is 11.5. The number of halogens is 1. The van der Waals surface area contributed by atoms with Gasteiger partial charge in [-0.25, -0.2) is 9.79 Å². The van der Waals surface area contributed by atoms with Crippen LogP contribution >= 0.6 is 27.7 Å². The van der Waals surface area contributed by atoms with Gasteiger partial charge in [0.15, 0.2) is 16.7 Å². The first-order chi connectivity index (χ1) is 14.8. The second-order valence-electron chi connectivity index (χ2n) is 6.25. The number of aromatic carboxylic acids is 1. The standard InChI is InChI=1S/C22H17BrN2O5S/c1-4-8-30-19-16(23)9-13(10-17(19)29-3)11-18-20(26)25(2)22(31-18)24-15-7-5-6-14(12-15)21(27)28/h1,5-7,9-12H,8H2,2-3H3,(H,27,28). The number of hydrogen-bond donors (Lipinski definition) is 1. The van der Waals surface area contributed by atoms with Gasteiger partial charge < -0.3 is 14.6 Å². The van der Waals surface area contributed by atoms with Crippen molar-refractivity contribution in [2.24, 2.45) is 4.99 Å². The molecule has 0 spiro atoms. The molecule has 1 amide bonds. The van der Waals surface area contributed by atoms with Gasteiger partial charge >= 0.3 is 5.97 Å². The SMILES string of the molecule is C#CCOc1c(Br)cc(C=C2SC(=Nc3cccc(C(=O)O)c3)N(C)C2=O)cc1OC. The maximum Gasteiger partial charge on any atom is 0.335 e. The number of aliphatic imine (C=N–C) groups is 1. The largest absolute Gasteiger partial charge is 0.493 e. The van der Waals surface area contributed by atoms with E-state index in [4.69, 9.17) is 21.0 Å². The third-order valence-electron chi connectivity index (χ3n) is 4.17. The molecule has 1 aliphatic heterocycles. The Balaban J connectivity index is 1.92. The van der Waals surface area contributed by atoms with Crippen molar-refractivity contribution in [3.05, 3.63) is 56.9 Å². The molecule has 0 atom stereocenters. The maximum absolute atomic E-state index is 12.7. The zero-order chi connectivity index (χ0) is 22.5. The first-order valence-electron chi connectivity index (χ1n) is 8.87. The molecule has 0 radical (unpaired) electrons. The predicted octanol–water partition coefficient (Wildman–Crippen LogP) is 4.40. The summed E-state index contributed by atoms with van der Waals surface area (Å²) >= 11 is 4.64. The molecule has 1 fully saturated rings. The highest BCUT2D eigenvalue weighted by Gasteiger charge is 2.30. The van der Waals surface area contributed by atoms with Gasteiger partial charge in [-0.1, -0.05) is 12.0 Å². The molecule has 1 heterocycles. The fourth-order valence-corrected chi connectivity index (χ4v) is 4.26. The number of benzene rings is 2. The normalized spacial score (nSPS) is 15.9. The van der Waals surface area contributed by atoms with E-state index < -0.39 is 5.97 Å². The Bertz CT molecular complexity index is 1150. The van der Waals surface area contributed by atoms with Crippen molar-refractivity contribution in [2.45, 2.75) is 0 Å². The Morgan fingerprint density at radius 1 is 1.39 bits per heavy atom. The molecule has 2 aromatic carbocycles. The van der Waals surface area contributed by atoms with Crippen LogP contribution in [0.15, 0.2) is 50.8 Å². The molecule has 0 bridgehead atoms. The van der Waals surface area contributed by atoms with Crippen LogP contribution in [0.2, 0.25) is 0 Å². The summed E-state index contributed by atoms with van der Waals surface area (Å²) in [5, 5.41) is 9.59. The van der Waals surface area contributed by atoms with Gasteiger partial charge in [-0.05, 0) is 69.7 Å². The van der Waals surface area contributed by atoms with Crippen molar-refractivity contribution < 1.29 is 24.2 Å². The van der Waals surface area contributed by atoms with Crippen LogP contribution < -0.4 is 9.47 Å². The lowest BCUT2D eigenvalue weighted by Crippen LogP contribution is -2.23. The summed E-state index contributed by atoms with van der Waals surface area (Å²) in [6.07, 6.45) is 6.97. The second kappa shape index (κ2) is 9.73. The molecule has 0 aromatic heterocycles. The summed E-state index contributed by atoms with van der Waals surface area (Å²) in [4.78, 5) is 30.2. The molecular formula is C22H17BrN2O5S. The number of likely N-dealkylation sites (N-methyl/N-ethyl adjacent to an activating group) is 1. The Morgan fingerprint density at radius 2 is 2.16 bits per heavy atom. The number of terminal acetylenes is 1. The average Bonchev–Trinajstić information content (AvgIpc) is 3.00. The molecule has 0 saturated carbocycles. The first kappa shape index (κ1) is 22.5. The van der Waals surface area contributed by atoms with Gasteiger partial charge in [0.25, 0.3) is 5.91 Å². The van der Waals surface area contributed by atoms with Crippen LogP contribution in [0.4, 0.5) is 5.69 Å². The maximum atomic E-state index is 12.7. The number of hydrogen-bond acceptors (Lipinski definition) is 6. The molecule has 3 rings (SSSR count). The van der Waals surface area contributed by atoms with E-state index in [0.717, 1.165) is 5.56 Å². The van der Waals surface area contributed by atoms with Crippen molar-refractivity contribution in [3.63, 3.8) is 0 Å². The zero-order valence-corrected chi connectivity index (χ0v) is 19.0. The van der Waals surface area contributed by atoms with Crippen LogP contribution in [-0.4, -0.2) is 47.8 Å². The molecule has 1 aliphatic rings. The van der Waals surface area contributed by atoms with Crippen molar-refractivity contribution in [3.8, 4) is 23.8 Å². The van der Waals surface area contributed by atoms with Crippen molar-refractivity contribution in [1.82, 2.24) is 4.90 Å². The van der Waals surface area contributed by atoms with Crippen LogP contribution in [0.25, 0.3) is 6.08 Å². The van der Waals surface area contributed by atoms with Gasteiger partial charge in [-0.3, -0.25) is 9.69 Å². The number of methoxy groups -OCH3 is 1. The number of nitrogens with zero attached hydrogens (tertiary/aromatic N) is 2. The number of amides is 1. The number of carbonyl (C=O) groups is 2. The van der Waals surface area contributed by atoms with E-state index in [0.29, 0.717) is 31.7 Å². The summed E-state index contributed by atoms with van der Waals surface area (Å²) in [5.74, 6) is 2.09. The molecule has 158 valence electrons. The molecule has 1 N–H and O–H groups in total. The number of amidine groups is 1. The summed E-state index contributed by atoms with van der Waals surface area (Å²) in [7, 11) is 3.13. The van der Waals surface area contributed by atoms with Crippen LogP contribution in [0.3, 0.4) is 0 Å². The van der Waals surface area contributed by atoms with Crippen molar-refractivity contribution in [1.29, 1.82) is 0 Å². The third kappa shape index (κ3) is 5.10. The number of carbonyl (C=O) groups excluding carboxylic acids is 1. The summed E-state index contributed by atoms with van der Waals surface area (Å²) in [6, 6.07) is 9.75. The second-order valence-corrected chi connectivity index (χ2v) is 8.12. The third-order valence-corrected chi connectivity index (χ3v) is 5.82. The number of ether oxygens (including phenoxy) is 2. The zero-order valence-electron chi connectivity index (χ0n) is 16.6. The molecular weight excluding hydrogens is 484 g/mol. The smallest absolute Gasteiger partial charge is 0.335 e. The number of thioether (sulfide) groups is 1. The molecule has 0 aliphatic carbocycles. The molecule has 2 aromatic rings. The topological polar surface area (TPSA) is 88.4 Å². The predicted molar refractivity (Wildman–Crippen MR) is 124 cm³/mol. The lowest BCUT2D eigenvalue weighted by Gasteiger charge is -2.12. The van der Waals surface area contributed by atoms with E-state index in [2.05, 4.69) is 26.8 Å². The van der Waals surface area contributed by atoms with E-state index in [9.17, 15) is 9.59 Å². The first-order valence-corrected chi connectivity index (χ1v) is 10.5. The minimum atomic E-state index is -1.04. The Labute approximate surface area is 191 Å². The fourth-order valence-electron chi connectivity index (χ4n) is 2.70. The van der Waals surface area contributed by atoms with E-state index >= 15 is 0 Å². The van der Waals surface area contributed by atoms with Gasteiger partial charge in [0, 0.05) is 7.05 Å².